The van der Waals surface area contributed by atoms with Crippen LogP contribution in [0.15, 0.2) is 30.3 Å². The van der Waals surface area contributed by atoms with Crippen molar-refractivity contribution in [2.45, 2.75) is 38.2 Å². The number of amides is 1. The summed E-state index contributed by atoms with van der Waals surface area (Å²) in [7, 11) is 0. The second-order valence-electron chi connectivity index (χ2n) is 5.68. The minimum atomic E-state index is -0.524. The van der Waals surface area contributed by atoms with E-state index in [1.165, 1.54) is 5.56 Å². The Morgan fingerprint density at radius 2 is 2.05 bits per heavy atom. The molecule has 1 amide bonds. The highest BCUT2D eigenvalue weighted by Crippen LogP contribution is 2.13. The highest BCUT2D eigenvalue weighted by atomic mass is 32.2. The van der Waals surface area contributed by atoms with Crippen molar-refractivity contribution in [1.29, 1.82) is 0 Å². The fourth-order valence-corrected chi connectivity index (χ4v) is 2.64. The molecule has 0 aliphatic carbocycles. The van der Waals surface area contributed by atoms with E-state index in [1.807, 2.05) is 39.0 Å². The van der Waals surface area contributed by atoms with Gasteiger partial charge in [0.1, 0.15) is 11.6 Å². The molecule has 114 valence electrons. The largest absolute Gasteiger partial charge is 0.444 e. The van der Waals surface area contributed by atoms with Gasteiger partial charge in [-0.2, -0.15) is 11.8 Å². The monoisotopic (exact) mass is 306 g/mol. The maximum Gasteiger partial charge on any atom is 0.408 e. The van der Waals surface area contributed by atoms with Gasteiger partial charge in [-0.1, -0.05) is 30.3 Å². The molecule has 1 aromatic rings. The van der Waals surface area contributed by atoms with Gasteiger partial charge < -0.3 is 14.9 Å². The van der Waals surface area contributed by atoms with Gasteiger partial charge in [0.05, 0.1) is 0 Å². The lowest BCUT2D eigenvalue weighted by atomic mass is 10.2. The lowest BCUT2D eigenvalue weighted by molar-refractivity contribution is 0.0513. The van der Waals surface area contributed by atoms with E-state index in [4.69, 9.17) is 11.3 Å². The Bertz CT molecular complexity index is 477. The number of thioether (sulfide) groups is 1. The summed E-state index contributed by atoms with van der Waals surface area (Å²) in [6.45, 7) is 12.7. The first-order valence-electron chi connectivity index (χ1n) is 6.85. The van der Waals surface area contributed by atoms with Crippen molar-refractivity contribution in [3.8, 4) is 0 Å². The van der Waals surface area contributed by atoms with Gasteiger partial charge in [-0.05, 0) is 26.3 Å². The fraction of sp³-hybridized carbons (Fsp3) is 0.500. The molecule has 0 bridgehead atoms. The van der Waals surface area contributed by atoms with Crippen LogP contribution in [-0.4, -0.2) is 30.0 Å². The Morgan fingerprint density at radius 1 is 1.38 bits per heavy atom. The number of hydrogen-bond acceptors (Lipinski definition) is 3. The topological polar surface area (TPSA) is 42.7 Å². The zero-order valence-corrected chi connectivity index (χ0v) is 13.6. The Labute approximate surface area is 131 Å². The van der Waals surface area contributed by atoms with Crippen LogP contribution in [0.3, 0.4) is 0 Å². The van der Waals surface area contributed by atoms with Crippen LogP contribution in [0.2, 0.25) is 0 Å². The molecule has 4 nitrogen and oxygen atoms in total. The summed E-state index contributed by atoms with van der Waals surface area (Å²) < 4.78 is 5.22. The summed E-state index contributed by atoms with van der Waals surface area (Å²) >= 11 is 1.70. The number of carbonyl (C=O) groups excluding carboxylic acids is 1. The lowest BCUT2D eigenvalue weighted by Crippen LogP contribution is -2.41. The molecule has 0 radical (unpaired) electrons. The number of carbonyl (C=O) groups is 1. The average molecular weight is 306 g/mol. The summed E-state index contributed by atoms with van der Waals surface area (Å²) in [5, 5.41) is 2.77. The molecule has 1 rings (SSSR count). The van der Waals surface area contributed by atoms with Gasteiger partial charge in [0.15, 0.2) is 0 Å². The first-order valence-corrected chi connectivity index (χ1v) is 8.00. The van der Waals surface area contributed by atoms with Gasteiger partial charge in [0.2, 0.25) is 6.54 Å². The van der Waals surface area contributed by atoms with Crippen LogP contribution in [0, 0.1) is 6.57 Å². The van der Waals surface area contributed by atoms with Crippen LogP contribution in [0.5, 0.6) is 0 Å². The average Bonchev–Trinajstić information content (AvgIpc) is 2.38. The molecule has 0 saturated carbocycles. The molecule has 21 heavy (non-hydrogen) atoms. The third-order valence-corrected chi connectivity index (χ3v) is 3.64. The van der Waals surface area contributed by atoms with Gasteiger partial charge in [0.25, 0.3) is 0 Å². The minimum Gasteiger partial charge on any atom is -0.444 e. The van der Waals surface area contributed by atoms with Crippen LogP contribution in [-0.2, 0) is 10.5 Å². The van der Waals surface area contributed by atoms with E-state index >= 15 is 0 Å². The van der Waals surface area contributed by atoms with E-state index in [0.29, 0.717) is 5.75 Å². The van der Waals surface area contributed by atoms with E-state index in [1.54, 1.807) is 11.8 Å². The summed E-state index contributed by atoms with van der Waals surface area (Å²) in [5.74, 6) is 1.56. The quantitative estimate of drug-likeness (QED) is 0.814. The second kappa shape index (κ2) is 8.58. The molecule has 0 saturated heterocycles. The zero-order chi connectivity index (χ0) is 15.7. The van der Waals surface area contributed by atoms with Crippen LogP contribution in [0.4, 0.5) is 4.79 Å². The summed E-state index contributed by atoms with van der Waals surface area (Å²) in [5.41, 5.74) is 0.713. The van der Waals surface area contributed by atoms with Gasteiger partial charge in [-0.25, -0.2) is 11.4 Å². The van der Waals surface area contributed by atoms with Crippen molar-refractivity contribution in [2.24, 2.45) is 0 Å². The third-order valence-electron chi connectivity index (χ3n) is 2.46. The van der Waals surface area contributed by atoms with Gasteiger partial charge in [-0.3, -0.25) is 0 Å². The molecule has 0 aliphatic rings. The molecule has 5 heteroatoms. The van der Waals surface area contributed by atoms with E-state index in [9.17, 15) is 4.79 Å². The second-order valence-corrected chi connectivity index (χ2v) is 6.71. The molecule has 1 atom stereocenters. The highest BCUT2D eigenvalue weighted by molar-refractivity contribution is 7.98. The Balaban J connectivity index is 2.39. The van der Waals surface area contributed by atoms with Crippen molar-refractivity contribution in [3.05, 3.63) is 47.3 Å². The summed E-state index contributed by atoms with van der Waals surface area (Å²) in [6, 6.07) is 9.94. The molecular formula is C16H22N2O2S. The molecule has 0 aromatic heterocycles. The number of rotatable bonds is 6. The van der Waals surface area contributed by atoms with Crippen molar-refractivity contribution in [1.82, 2.24) is 5.32 Å². The number of benzene rings is 1. The van der Waals surface area contributed by atoms with Gasteiger partial charge >= 0.3 is 6.09 Å². The predicted octanol–water partition coefficient (Wildman–Crippen LogP) is 3.73. The molecule has 1 N–H and O–H groups in total. The summed E-state index contributed by atoms with van der Waals surface area (Å²) in [6.07, 6.45) is -0.462. The Hall–Kier alpha value is -1.67. The Kier molecular flexibility index (Phi) is 7.10. The SMILES string of the molecule is [C-]#[N+]C[C@H](CSCc1ccccc1)NC(=O)OC(C)(C)C. The smallest absolute Gasteiger partial charge is 0.408 e. The maximum absolute atomic E-state index is 11.7. The first-order chi connectivity index (χ1) is 9.90. The van der Waals surface area contributed by atoms with E-state index in [2.05, 4.69) is 22.3 Å². The van der Waals surface area contributed by atoms with Crippen LogP contribution in [0.25, 0.3) is 4.85 Å². The Morgan fingerprint density at radius 3 is 2.62 bits per heavy atom. The van der Waals surface area contributed by atoms with Crippen molar-refractivity contribution in [2.75, 3.05) is 12.3 Å². The van der Waals surface area contributed by atoms with Crippen molar-refractivity contribution in [3.63, 3.8) is 0 Å². The van der Waals surface area contributed by atoms with Gasteiger partial charge in [0, 0.05) is 11.5 Å². The van der Waals surface area contributed by atoms with Crippen molar-refractivity contribution < 1.29 is 9.53 Å². The first kappa shape index (κ1) is 17.4. The van der Waals surface area contributed by atoms with Crippen LogP contribution in [0.1, 0.15) is 26.3 Å². The molecule has 0 heterocycles. The fourth-order valence-electron chi connectivity index (χ4n) is 1.62. The van der Waals surface area contributed by atoms with Crippen molar-refractivity contribution >= 4 is 17.9 Å². The molecular weight excluding hydrogens is 284 g/mol. The van der Waals surface area contributed by atoms with E-state index in [0.717, 1.165) is 5.75 Å². The highest BCUT2D eigenvalue weighted by Gasteiger charge is 2.20. The molecule has 0 fully saturated rings. The number of hydrogen-bond donors (Lipinski definition) is 1. The molecule has 0 spiro atoms. The molecule has 1 aromatic carbocycles. The molecule has 0 unspecified atom stereocenters. The summed E-state index contributed by atoms with van der Waals surface area (Å²) in [4.78, 5) is 15.1. The number of nitrogens with zero attached hydrogens (tertiary/aromatic N) is 1. The predicted molar refractivity (Wildman–Crippen MR) is 87.2 cm³/mol. The van der Waals surface area contributed by atoms with Gasteiger partial charge in [-0.15, -0.1) is 0 Å². The van der Waals surface area contributed by atoms with E-state index < -0.39 is 11.7 Å². The zero-order valence-electron chi connectivity index (χ0n) is 12.8. The lowest BCUT2D eigenvalue weighted by Gasteiger charge is -2.21. The number of nitrogens with one attached hydrogen (secondary N) is 1. The van der Waals surface area contributed by atoms with E-state index in [-0.39, 0.29) is 12.6 Å². The molecule has 0 aliphatic heterocycles. The standard InChI is InChI=1S/C16H22N2O2S/c1-16(2,3)20-15(19)18-14(10-17-4)12-21-11-13-8-6-5-7-9-13/h5-9,14H,10-12H2,1-3H3,(H,18,19)/t14-/m1/s1. The maximum atomic E-state index is 11.7. The van der Waals surface area contributed by atoms with Crippen LogP contribution < -0.4 is 5.32 Å². The third kappa shape index (κ3) is 8.26. The number of alkyl carbamates (subject to hydrolysis) is 1. The normalized spacial score (nSPS) is 12.3. The minimum absolute atomic E-state index is 0.189. The number of ether oxygens (including phenoxy) is 1. The van der Waals surface area contributed by atoms with Crippen LogP contribution >= 0.6 is 11.8 Å².